The summed E-state index contributed by atoms with van der Waals surface area (Å²) in [5.41, 5.74) is 1.42. The smallest absolute Gasteiger partial charge is 0.157 e. The number of anilines is 1. The molecule has 0 radical (unpaired) electrons. The van der Waals surface area contributed by atoms with Gasteiger partial charge in [-0.05, 0) is 49.1 Å². The first-order valence-electron chi connectivity index (χ1n) is 13.6. The number of hydrogen-bond donors (Lipinski definition) is 2. The van der Waals surface area contributed by atoms with Gasteiger partial charge in [0.25, 0.3) is 0 Å². The van der Waals surface area contributed by atoms with Gasteiger partial charge in [-0.3, -0.25) is 15.1 Å². The zero-order valence-electron chi connectivity index (χ0n) is 22.1. The number of rotatable bonds is 12. The SMILES string of the molecule is O=C(CCc1cnc(-c2ccc(NCC3(c4ncccc4F)CCC3)nn2)s1)C1(NCc2ccccc2)COC1. The van der Waals surface area contributed by atoms with Crippen molar-refractivity contribution in [3.05, 3.63) is 88.9 Å². The molecule has 0 bridgehead atoms. The van der Waals surface area contributed by atoms with Crippen LogP contribution in [-0.4, -0.2) is 51.2 Å². The molecule has 206 valence electrons. The Morgan fingerprint density at radius 2 is 1.88 bits per heavy atom. The van der Waals surface area contributed by atoms with E-state index >= 15 is 0 Å². The fourth-order valence-electron chi connectivity index (χ4n) is 5.23. The standard InChI is InChI=1S/C30H31FN6O2S/c31-23-8-4-15-32-27(23)29(13-5-14-29)18-34-26-12-10-24(36-37-26)28-33-17-22(40-28)9-11-25(38)30(19-39-20-30)35-16-21-6-2-1-3-7-21/h1-4,6-8,10,12,15,17,35H,5,9,11,13-14,16,18-20H2,(H,34,37). The molecule has 0 amide bonds. The molecule has 0 unspecified atom stereocenters. The normalized spacial score (nSPS) is 17.0. The van der Waals surface area contributed by atoms with Crippen molar-refractivity contribution >= 4 is 22.9 Å². The summed E-state index contributed by atoms with van der Waals surface area (Å²) in [4.78, 5) is 23.0. The van der Waals surface area contributed by atoms with E-state index in [2.05, 4.69) is 30.8 Å². The highest BCUT2D eigenvalue weighted by Gasteiger charge is 2.44. The lowest BCUT2D eigenvalue weighted by Crippen LogP contribution is -2.65. The number of ketones is 1. The van der Waals surface area contributed by atoms with E-state index in [1.165, 1.54) is 17.4 Å². The van der Waals surface area contributed by atoms with Gasteiger partial charge in [-0.1, -0.05) is 36.8 Å². The second kappa shape index (κ2) is 11.5. The molecule has 0 atom stereocenters. The van der Waals surface area contributed by atoms with Crippen LogP contribution in [0.3, 0.4) is 0 Å². The number of ether oxygens (including phenoxy) is 1. The average molecular weight is 559 g/mol. The van der Waals surface area contributed by atoms with Crippen molar-refractivity contribution in [2.24, 2.45) is 0 Å². The molecule has 1 aromatic carbocycles. The van der Waals surface area contributed by atoms with Crippen LogP contribution in [0.15, 0.2) is 67.0 Å². The van der Waals surface area contributed by atoms with E-state index in [0.29, 0.717) is 56.4 Å². The molecule has 8 nitrogen and oxygen atoms in total. The summed E-state index contributed by atoms with van der Waals surface area (Å²) in [5.74, 6) is 0.533. The van der Waals surface area contributed by atoms with Gasteiger partial charge in [0.1, 0.15) is 27.9 Å². The van der Waals surface area contributed by atoms with E-state index in [-0.39, 0.29) is 17.0 Å². The minimum atomic E-state index is -0.613. The van der Waals surface area contributed by atoms with Crippen LogP contribution in [0, 0.1) is 5.82 Å². The van der Waals surface area contributed by atoms with Crippen molar-refractivity contribution in [2.75, 3.05) is 25.1 Å². The van der Waals surface area contributed by atoms with Crippen LogP contribution in [0.5, 0.6) is 0 Å². The quantitative estimate of drug-likeness (QED) is 0.257. The number of Topliss-reactive ketones (excluding diaryl/α,β-unsaturated/α-hetero) is 1. The van der Waals surface area contributed by atoms with E-state index in [0.717, 1.165) is 34.7 Å². The lowest BCUT2D eigenvalue weighted by atomic mass is 9.66. The highest BCUT2D eigenvalue weighted by Crippen LogP contribution is 2.43. The summed E-state index contributed by atoms with van der Waals surface area (Å²) in [6.45, 7) is 1.99. The van der Waals surface area contributed by atoms with Crippen molar-refractivity contribution in [1.29, 1.82) is 0 Å². The number of aromatic nitrogens is 4. The maximum Gasteiger partial charge on any atom is 0.157 e. The number of nitrogens with one attached hydrogen (secondary N) is 2. The van der Waals surface area contributed by atoms with Gasteiger partial charge in [0, 0.05) is 42.2 Å². The van der Waals surface area contributed by atoms with Crippen LogP contribution < -0.4 is 10.6 Å². The highest BCUT2D eigenvalue weighted by atomic mass is 32.1. The first-order valence-corrected chi connectivity index (χ1v) is 14.4. The van der Waals surface area contributed by atoms with Gasteiger partial charge in [0.15, 0.2) is 5.78 Å². The number of benzene rings is 1. The summed E-state index contributed by atoms with van der Waals surface area (Å²) < 4.78 is 19.8. The van der Waals surface area contributed by atoms with Crippen molar-refractivity contribution in [1.82, 2.24) is 25.5 Å². The van der Waals surface area contributed by atoms with Gasteiger partial charge in [-0.15, -0.1) is 21.5 Å². The molecule has 0 spiro atoms. The van der Waals surface area contributed by atoms with Crippen molar-refractivity contribution < 1.29 is 13.9 Å². The van der Waals surface area contributed by atoms with Gasteiger partial charge in [-0.2, -0.15) is 0 Å². The molecule has 2 aliphatic rings. The number of carbonyl (C=O) groups excluding carboxylic acids is 1. The lowest BCUT2D eigenvalue weighted by molar-refractivity contribution is -0.146. The average Bonchev–Trinajstić information content (AvgIpc) is 3.42. The van der Waals surface area contributed by atoms with Crippen LogP contribution in [0.25, 0.3) is 10.7 Å². The molecule has 1 saturated carbocycles. The number of hydrogen-bond acceptors (Lipinski definition) is 9. The molecule has 1 aliphatic heterocycles. The number of carbonyl (C=O) groups is 1. The molecule has 1 aliphatic carbocycles. The predicted molar refractivity (Wildman–Crippen MR) is 152 cm³/mol. The minimum Gasteiger partial charge on any atom is -0.376 e. The van der Waals surface area contributed by atoms with Gasteiger partial charge in [-0.25, -0.2) is 9.37 Å². The predicted octanol–water partition coefficient (Wildman–Crippen LogP) is 4.73. The topological polar surface area (TPSA) is 102 Å². The third kappa shape index (κ3) is 5.52. The molecule has 2 fully saturated rings. The Balaban J connectivity index is 1.03. The third-order valence-electron chi connectivity index (χ3n) is 7.92. The van der Waals surface area contributed by atoms with E-state index in [1.807, 2.05) is 48.7 Å². The Morgan fingerprint density at radius 3 is 2.55 bits per heavy atom. The van der Waals surface area contributed by atoms with E-state index in [9.17, 15) is 9.18 Å². The molecule has 4 aromatic rings. The highest BCUT2D eigenvalue weighted by molar-refractivity contribution is 7.15. The van der Waals surface area contributed by atoms with Gasteiger partial charge in [0.2, 0.25) is 0 Å². The summed E-state index contributed by atoms with van der Waals surface area (Å²) in [7, 11) is 0. The number of pyridine rings is 1. The summed E-state index contributed by atoms with van der Waals surface area (Å²) in [5, 5.41) is 16.2. The van der Waals surface area contributed by atoms with E-state index in [1.54, 1.807) is 12.3 Å². The molecule has 6 rings (SSSR count). The summed E-state index contributed by atoms with van der Waals surface area (Å²) in [6.07, 6.45) is 7.32. The van der Waals surface area contributed by atoms with Crippen LogP contribution in [-0.2, 0) is 27.9 Å². The Morgan fingerprint density at radius 1 is 1.02 bits per heavy atom. The molecule has 10 heteroatoms. The zero-order chi connectivity index (χ0) is 27.4. The van der Waals surface area contributed by atoms with Crippen LogP contribution in [0.1, 0.15) is 41.8 Å². The fourth-order valence-corrected chi connectivity index (χ4v) is 6.11. The summed E-state index contributed by atoms with van der Waals surface area (Å²) in [6, 6.07) is 16.9. The van der Waals surface area contributed by atoms with Gasteiger partial charge < -0.3 is 10.1 Å². The largest absolute Gasteiger partial charge is 0.376 e. The first kappa shape index (κ1) is 26.6. The minimum absolute atomic E-state index is 0.162. The molecule has 1 saturated heterocycles. The van der Waals surface area contributed by atoms with Crippen LogP contribution in [0.4, 0.5) is 10.2 Å². The molecule has 2 N–H and O–H groups in total. The van der Waals surface area contributed by atoms with Gasteiger partial charge in [0.05, 0.1) is 18.9 Å². The van der Waals surface area contributed by atoms with Crippen LogP contribution >= 0.6 is 11.3 Å². The first-order chi connectivity index (χ1) is 19.6. The van der Waals surface area contributed by atoms with Crippen LogP contribution in [0.2, 0.25) is 0 Å². The number of thiazole rings is 1. The molecular formula is C30H31FN6O2S. The number of halogens is 1. The van der Waals surface area contributed by atoms with Crippen molar-refractivity contribution in [2.45, 2.75) is 49.6 Å². The van der Waals surface area contributed by atoms with E-state index in [4.69, 9.17) is 4.74 Å². The molecular weight excluding hydrogens is 527 g/mol. The number of aryl methyl sites for hydroxylation is 1. The Bertz CT molecular complexity index is 1450. The van der Waals surface area contributed by atoms with Crippen molar-refractivity contribution in [3.63, 3.8) is 0 Å². The fraction of sp³-hybridized carbons (Fsp3) is 0.367. The second-order valence-electron chi connectivity index (χ2n) is 10.6. The summed E-state index contributed by atoms with van der Waals surface area (Å²) >= 11 is 1.52. The Labute approximate surface area is 236 Å². The monoisotopic (exact) mass is 558 g/mol. The Kier molecular flexibility index (Phi) is 7.64. The maximum absolute atomic E-state index is 14.4. The van der Waals surface area contributed by atoms with Crippen molar-refractivity contribution in [3.8, 4) is 10.7 Å². The maximum atomic E-state index is 14.4. The second-order valence-corrected chi connectivity index (χ2v) is 11.7. The number of nitrogens with zero attached hydrogens (tertiary/aromatic N) is 4. The lowest BCUT2D eigenvalue weighted by Gasteiger charge is -2.41. The van der Waals surface area contributed by atoms with E-state index < -0.39 is 5.54 Å². The van der Waals surface area contributed by atoms with Gasteiger partial charge >= 0.3 is 0 Å². The third-order valence-corrected chi connectivity index (χ3v) is 9.00. The zero-order valence-corrected chi connectivity index (χ0v) is 22.9. The Hall–Kier alpha value is -3.60. The molecule has 3 aromatic heterocycles. The molecule has 40 heavy (non-hydrogen) atoms. The molecule has 4 heterocycles.